The van der Waals surface area contributed by atoms with Crippen molar-refractivity contribution >= 4 is 0 Å². The summed E-state index contributed by atoms with van der Waals surface area (Å²) in [5.41, 5.74) is -1.05. The van der Waals surface area contributed by atoms with Crippen LogP contribution in [0.2, 0.25) is 0 Å². The van der Waals surface area contributed by atoms with Crippen molar-refractivity contribution in [3.05, 3.63) is 80.5 Å². The molecule has 8 heteroatoms. The summed E-state index contributed by atoms with van der Waals surface area (Å²) in [6.07, 6.45) is 0. The number of nitrogens with zero attached hydrogens (tertiary/aromatic N) is 4. The third kappa shape index (κ3) is 3.48. The number of nitriles is 2. The lowest BCUT2D eigenvalue weighted by atomic mass is 10.2. The van der Waals surface area contributed by atoms with E-state index in [4.69, 9.17) is 14.7 Å². The molecule has 28 heavy (non-hydrogen) atoms. The molecule has 138 valence electrons. The van der Waals surface area contributed by atoms with E-state index in [-0.39, 0.29) is 11.4 Å². The fourth-order valence-corrected chi connectivity index (χ4v) is 2.46. The molecule has 0 aliphatic carbocycles. The standard InChI is InChI=1S/C20H14N4O4/c1-23-18(25)17(12-22)19(24(2)20(23)26)28-16-9-7-15(8-10-16)27-14-5-3-13(11-21)4-6-14/h3-10H,1-2H3. The molecule has 0 spiro atoms. The number of benzene rings is 2. The van der Waals surface area contributed by atoms with Gasteiger partial charge >= 0.3 is 5.69 Å². The van der Waals surface area contributed by atoms with Crippen LogP contribution in [0.4, 0.5) is 0 Å². The monoisotopic (exact) mass is 374 g/mol. The van der Waals surface area contributed by atoms with Gasteiger partial charge in [-0.3, -0.25) is 13.9 Å². The second-order valence-electron chi connectivity index (χ2n) is 5.81. The van der Waals surface area contributed by atoms with Crippen LogP contribution in [0, 0.1) is 22.7 Å². The topological polar surface area (TPSA) is 110 Å². The van der Waals surface area contributed by atoms with E-state index in [2.05, 4.69) is 0 Å². The average Bonchev–Trinajstić information content (AvgIpc) is 2.72. The van der Waals surface area contributed by atoms with Crippen molar-refractivity contribution in [1.29, 1.82) is 10.5 Å². The predicted molar refractivity (Wildman–Crippen MR) is 99.4 cm³/mol. The fourth-order valence-electron chi connectivity index (χ4n) is 2.46. The number of rotatable bonds is 4. The summed E-state index contributed by atoms with van der Waals surface area (Å²) in [7, 11) is 2.71. The highest BCUT2D eigenvalue weighted by molar-refractivity contribution is 5.42. The summed E-state index contributed by atoms with van der Waals surface area (Å²) in [6, 6.07) is 16.9. The lowest BCUT2D eigenvalue weighted by Crippen LogP contribution is -2.38. The first-order valence-electron chi connectivity index (χ1n) is 8.10. The molecule has 2 aromatic carbocycles. The van der Waals surface area contributed by atoms with Crippen molar-refractivity contribution in [3.8, 4) is 35.3 Å². The highest BCUT2D eigenvalue weighted by Crippen LogP contribution is 2.27. The van der Waals surface area contributed by atoms with Crippen LogP contribution in [0.25, 0.3) is 0 Å². The zero-order valence-electron chi connectivity index (χ0n) is 15.0. The van der Waals surface area contributed by atoms with Crippen molar-refractivity contribution < 1.29 is 9.47 Å². The molecule has 8 nitrogen and oxygen atoms in total. The Bertz CT molecular complexity index is 1220. The molecular formula is C20H14N4O4. The summed E-state index contributed by atoms with van der Waals surface area (Å²) in [5, 5.41) is 18.1. The average molecular weight is 374 g/mol. The van der Waals surface area contributed by atoms with E-state index >= 15 is 0 Å². The first-order chi connectivity index (χ1) is 13.4. The van der Waals surface area contributed by atoms with Gasteiger partial charge in [-0.25, -0.2) is 4.79 Å². The first kappa shape index (κ1) is 18.5. The van der Waals surface area contributed by atoms with E-state index in [0.29, 0.717) is 22.8 Å². The first-order valence-corrected chi connectivity index (χ1v) is 8.10. The lowest BCUT2D eigenvalue weighted by Gasteiger charge is -2.13. The van der Waals surface area contributed by atoms with Gasteiger partial charge in [-0.05, 0) is 48.5 Å². The number of aromatic nitrogens is 2. The fraction of sp³-hybridized carbons (Fsp3) is 0.100. The molecule has 0 atom stereocenters. The molecule has 1 aromatic heterocycles. The largest absolute Gasteiger partial charge is 0.457 e. The number of hydrogen-bond acceptors (Lipinski definition) is 6. The molecule has 0 N–H and O–H groups in total. The molecule has 3 rings (SSSR count). The molecule has 3 aromatic rings. The van der Waals surface area contributed by atoms with Crippen LogP contribution in [0.15, 0.2) is 58.1 Å². The smallest absolute Gasteiger partial charge is 0.333 e. The van der Waals surface area contributed by atoms with Crippen LogP contribution < -0.4 is 20.7 Å². The maximum absolute atomic E-state index is 12.1. The summed E-state index contributed by atoms with van der Waals surface area (Å²) >= 11 is 0. The van der Waals surface area contributed by atoms with Gasteiger partial charge in [-0.15, -0.1) is 0 Å². The van der Waals surface area contributed by atoms with E-state index in [9.17, 15) is 14.9 Å². The van der Waals surface area contributed by atoms with Crippen molar-refractivity contribution in [2.75, 3.05) is 0 Å². The van der Waals surface area contributed by atoms with Crippen LogP contribution in [0.5, 0.6) is 23.1 Å². The van der Waals surface area contributed by atoms with Crippen LogP contribution in [-0.2, 0) is 14.1 Å². The van der Waals surface area contributed by atoms with Gasteiger partial charge in [0.15, 0.2) is 5.56 Å². The molecule has 0 saturated heterocycles. The van der Waals surface area contributed by atoms with Gasteiger partial charge < -0.3 is 9.47 Å². The molecular weight excluding hydrogens is 360 g/mol. The Balaban J connectivity index is 1.85. The zero-order valence-corrected chi connectivity index (χ0v) is 15.0. The van der Waals surface area contributed by atoms with E-state index in [1.807, 2.05) is 6.07 Å². The van der Waals surface area contributed by atoms with Gasteiger partial charge in [-0.2, -0.15) is 10.5 Å². The van der Waals surface area contributed by atoms with Crippen molar-refractivity contribution in [1.82, 2.24) is 9.13 Å². The molecule has 0 aliphatic rings. The van der Waals surface area contributed by atoms with Crippen molar-refractivity contribution in [3.63, 3.8) is 0 Å². The Labute approximate surface area is 159 Å². The van der Waals surface area contributed by atoms with Crippen molar-refractivity contribution in [2.45, 2.75) is 0 Å². The second-order valence-corrected chi connectivity index (χ2v) is 5.81. The minimum Gasteiger partial charge on any atom is -0.457 e. The van der Waals surface area contributed by atoms with Gasteiger partial charge in [0.1, 0.15) is 23.3 Å². The quantitative estimate of drug-likeness (QED) is 0.693. The van der Waals surface area contributed by atoms with E-state index in [1.54, 1.807) is 54.6 Å². The predicted octanol–water partition coefficient (Wildman–Crippen LogP) is 2.41. The highest BCUT2D eigenvalue weighted by atomic mass is 16.5. The van der Waals surface area contributed by atoms with Gasteiger partial charge in [-0.1, -0.05) is 0 Å². The van der Waals surface area contributed by atoms with Crippen LogP contribution in [0.1, 0.15) is 11.1 Å². The van der Waals surface area contributed by atoms with Crippen LogP contribution in [0.3, 0.4) is 0 Å². The zero-order chi connectivity index (χ0) is 20.3. The summed E-state index contributed by atoms with van der Waals surface area (Å²) < 4.78 is 13.2. The Morgan fingerprint density at radius 3 is 1.75 bits per heavy atom. The minimum atomic E-state index is -0.721. The molecule has 0 fully saturated rings. The normalized spacial score (nSPS) is 10.0. The molecule has 1 heterocycles. The molecule has 0 radical (unpaired) electrons. The van der Waals surface area contributed by atoms with Crippen LogP contribution >= 0.6 is 0 Å². The lowest BCUT2D eigenvalue weighted by molar-refractivity contribution is 0.419. The summed E-state index contributed by atoms with van der Waals surface area (Å²) in [5.74, 6) is 1.28. The molecule has 0 saturated carbocycles. The Kier molecular flexibility index (Phi) is 4.97. The molecule has 0 unspecified atom stereocenters. The van der Waals surface area contributed by atoms with Crippen molar-refractivity contribution in [2.24, 2.45) is 14.1 Å². The Hall–Kier alpha value is -4.30. The molecule has 0 amide bonds. The third-order valence-corrected chi connectivity index (χ3v) is 3.98. The number of hydrogen-bond donors (Lipinski definition) is 0. The minimum absolute atomic E-state index is 0.128. The molecule has 0 aliphatic heterocycles. The Morgan fingerprint density at radius 2 is 1.25 bits per heavy atom. The number of ether oxygens (including phenoxy) is 2. The third-order valence-electron chi connectivity index (χ3n) is 3.98. The van der Waals surface area contributed by atoms with E-state index in [0.717, 1.165) is 9.13 Å². The van der Waals surface area contributed by atoms with E-state index in [1.165, 1.54) is 14.1 Å². The second kappa shape index (κ2) is 7.52. The maximum Gasteiger partial charge on any atom is 0.333 e. The summed E-state index contributed by atoms with van der Waals surface area (Å²) in [6.45, 7) is 0. The maximum atomic E-state index is 12.1. The van der Waals surface area contributed by atoms with Gasteiger partial charge in [0.2, 0.25) is 5.88 Å². The molecule has 0 bridgehead atoms. The van der Waals surface area contributed by atoms with Gasteiger partial charge in [0.25, 0.3) is 5.56 Å². The Morgan fingerprint density at radius 1 is 0.750 bits per heavy atom. The van der Waals surface area contributed by atoms with Gasteiger partial charge in [0, 0.05) is 14.1 Å². The highest BCUT2D eigenvalue weighted by Gasteiger charge is 2.17. The van der Waals surface area contributed by atoms with E-state index < -0.39 is 11.2 Å². The summed E-state index contributed by atoms with van der Waals surface area (Å²) in [4.78, 5) is 24.2. The van der Waals surface area contributed by atoms with Crippen LogP contribution in [-0.4, -0.2) is 9.13 Å². The SMILES string of the molecule is Cn1c(Oc2ccc(Oc3ccc(C#N)cc3)cc2)c(C#N)c(=O)n(C)c1=O. The van der Waals surface area contributed by atoms with Gasteiger partial charge in [0.05, 0.1) is 11.6 Å².